The number of nitro groups is 1. The van der Waals surface area contributed by atoms with Crippen molar-refractivity contribution >= 4 is 46.0 Å². The number of carbonyl (C=O) groups excluding carboxylic acids is 1. The number of hydrogen-bond acceptors (Lipinski definition) is 5. The third kappa shape index (κ3) is 2.00. The number of esters is 1. The number of fused-ring (bicyclic) bond motifs is 1. The van der Waals surface area contributed by atoms with Crippen LogP contribution in [0, 0.1) is 10.1 Å². The van der Waals surface area contributed by atoms with Crippen LogP contribution in [0.25, 0.3) is 11.0 Å². The number of ether oxygens (including phenoxy) is 1. The molecule has 1 aromatic heterocycles. The fraction of sp³-hybridized carbons (Fsp3) is 0.100. The summed E-state index contributed by atoms with van der Waals surface area (Å²) in [6.07, 6.45) is 0. The molecule has 0 spiro atoms. The van der Waals surface area contributed by atoms with E-state index in [2.05, 4.69) is 0 Å². The van der Waals surface area contributed by atoms with Crippen LogP contribution in [-0.4, -0.2) is 10.9 Å². The predicted octanol–water partition coefficient (Wildman–Crippen LogP) is 3.57. The van der Waals surface area contributed by atoms with Crippen molar-refractivity contribution in [1.29, 1.82) is 0 Å². The first kappa shape index (κ1) is 12.7. The highest BCUT2D eigenvalue weighted by Crippen LogP contribution is 2.43. The van der Waals surface area contributed by atoms with Crippen LogP contribution in [0.5, 0.6) is 5.75 Å². The highest BCUT2D eigenvalue weighted by Gasteiger charge is 2.25. The second-order valence-electron chi connectivity index (χ2n) is 3.32. The lowest BCUT2D eigenvalue weighted by molar-refractivity contribution is -0.401. The molecular formula is C10H5Cl2NO5. The Labute approximate surface area is 110 Å². The van der Waals surface area contributed by atoms with E-state index in [-0.39, 0.29) is 26.8 Å². The summed E-state index contributed by atoms with van der Waals surface area (Å²) in [5.41, 5.74) is 0.146. The number of carbonyl (C=O) groups is 1. The minimum Gasteiger partial charge on any atom is -0.425 e. The van der Waals surface area contributed by atoms with Crippen molar-refractivity contribution in [2.24, 2.45) is 0 Å². The average Bonchev–Trinajstić information content (AvgIpc) is 2.60. The summed E-state index contributed by atoms with van der Waals surface area (Å²) in [6, 6.07) is 2.76. The van der Waals surface area contributed by atoms with Gasteiger partial charge in [-0.05, 0) is 12.1 Å². The van der Waals surface area contributed by atoms with E-state index >= 15 is 0 Å². The number of hydrogen-bond donors (Lipinski definition) is 0. The van der Waals surface area contributed by atoms with Crippen LogP contribution < -0.4 is 4.74 Å². The van der Waals surface area contributed by atoms with E-state index in [0.29, 0.717) is 0 Å². The highest BCUT2D eigenvalue weighted by atomic mass is 35.5. The molecule has 2 aromatic rings. The Morgan fingerprint density at radius 2 is 2.06 bits per heavy atom. The number of furan rings is 1. The summed E-state index contributed by atoms with van der Waals surface area (Å²) in [7, 11) is 0. The molecule has 6 nitrogen and oxygen atoms in total. The van der Waals surface area contributed by atoms with Crippen molar-refractivity contribution in [2.75, 3.05) is 0 Å². The second kappa shape index (κ2) is 4.47. The van der Waals surface area contributed by atoms with E-state index in [1.54, 1.807) is 0 Å². The molecule has 0 unspecified atom stereocenters. The van der Waals surface area contributed by atoms with Crippen LogP contribution in [0.3, 0.4) is 0 Å². The molecular weight excluding hydrogens is 285 g/mol. The van der Waals surface area contributed by atoms with E-state index in [4.69, 9.17) is 32.4 Å². The van der Waals surface area contributed by atoms with Crippen molar-refractivity contribution in [3.63, 3.8) is 0 Å². The van der Waals surface area contributed by atoms with Gasteiger partial charge in [0.05, 0.1) is 10.4 Å². The molecule has 1 aromatic carbocycles. The van der Waals surface area contributed by atoms with Gasteiger partial charge in [-0.25, -0.2) is 0 Å². The van der Waals surface area contributed by atoms with Crippen LogP contribution in [0.15, 0.2) is 16.5 Å². The SMILES string of the molecule is CC(=O)Oc1ccc2oc([N+](=O)[O-])c(Cl)c2c1Cl. The molecule has 2 rings (SSSR count). The number of halogens is 2. The van der Waals surface area contributed by atoms with Crippen molar-refractivity contribution in [3.05, 3.63) is 32.3 Å². The summed E-state index contributed by atoms with van der Waals surface area (Å²) < 4.78 is 9.78. The molecule has 0 N–H and O–H groups in total. The smallest absolute Gasteiger partial charge is 0.425 e. The van der Waals surface area contributed by atoms with Crippen LogP contribution in [0.1, 0.15) is 6.92 Å². The lowest BCUT2D eigenvalue weighted by Crippen LogP contribution is -2.01. The van der Waals surface area contributed by atoms with E-state index in [9.17, 15) is 14.9 Å². The number of rotatable bonds is 2. The van der Waals surface area contributed by atoms with E-state index in [0.717, 1.165) is 0 Å². The normalized spacial score (nSPS) is 10.6. The molecule has 1 heterocycles. The van der Waals surface area contributed by atoms with Gasteiger partial charge in [0.15, 0.2) is 5.02 Å². The third-order valence-corrected chi connectivity index (χ3v) is 2.83. The Kier molecular flexibility index (Phi) is 3.14. The molecule has 0 aliphatic carbocycles. The van der Waals surface area contributed by atoms with Crippen molar-refractivity contribution in [2.45, 2.75) is 6.92 Å². The maximum absolute atomic E-state index is 10.9. The molecule has 0 saturated heterocycles. The van der Waals surface area contributed by atoms with Gasteiger partial charge >= 0.3 is 11.9 Å². The first-order valence-corrected chi connectivity index (χ1v) is 5.40. The molecule has 0 aliphatic rings. The average molecular weight is 290 g/mol. The lowest BCUT2D eigenvalue weighted by atomic mass is 10.2. The molecule has 94 valence electrons. The zero-order chi connectivity index (χ0) is 13.4. The maximum Gasteiger partial charge on any atom is 0.453 e. The standard InChI is InChI=1S/C10H5Cl2NO5/c1-4(14)17-6-3-2-5-7(8(6)11)9(12)10(18-5)13(15)16/h2-3H,1H3. The zero-order valence-electron chi connectivity index (χ0n) is 8.90. The largest absolute Gasteiger partial charge is 0.453 e. The van der Waals surface area contributed by atoms with E-state index in [1.807, 2.05) is 0 Å². The van der Waals surface area contributed by atoms with Crippen molar-refractivity contribution in [1.82, 2.24) is 0 Å². The minimum atomic E-state index is -0.760. The van der Waals surface area contributed by atoms with Gasteiger partial charge in [-0.15, -0.1) is 0 Å². The first-order valence-electron chi connectivity index (χ1n) is 4.65. The Hall–Kier alpha value is -1.79. The van der Waals surface area contributed by atoms with Crippen LogP contribution in [0.4, 0.5) is 5.88 Å². The predicted molar refractivity (Wildman–Crippen MR) is 64.2 cm³/mol. The Bertz CT molecular complexity index is 664. The summed E-state index contributed by atoms with van der Waals surface area (Å²) in [5.74, 6) is -1.10. The van der Waals surface area contributed by atoms with Crippen molar-refractivity contribution < 1.29 is 18.9 Å². The summed E-state index contributed by atoms with van der Waals surface area (Å²) in [5, 5.41) is 10.6. The molecule has 0 amide bonds. The van der Waals surface area contributed by atoms with Gasteiger partial charge in [0, 0.05) is 6.92 Å². The summed E-state index contributed by atoms with van der Waals surface area (Å²) in [6.45, 7) is 1.21. The molecule has 0 aliphatic heterocycles. The fourth-order valence-electron chi connectivity index (χ4n) is 1.44. The summed E-state index contributed by atoms with van der Waals surface area (Å²) >= 11 is 11.8. The quantitative estimate of drug-likeness (QED) is 0.365. The third-order valence-electron chi connectivity index (χ3n) is 2.10. The molecule has 0 atom stereocenters. The maximum atomic E-state index is 10.9. The monoisotopic (exact) mass is 289 g/mol. The van der Waals surface area contributed by atoms with Gasteiger partial charge in [0.2, 0.25) is 0 Å². The van der Waals surface area contributed by atoms with Gasteiger partial charge in [0.1, 0.15) is 16.3 Å². The zero-order valence-corrected chi connectivity index (χ0v) is 10.4. The van der Waals surface area contributed by atoms with E-state index in [1.165, 1.54) is 19.1 Å². The van der Waals surface area contributed by atoms with Gasteiger partial charge in [-0.1, -0.05) is 23.2 Å². The summed E-state index contributed by atoms with van der Waals surface area (Å²) in [4.78, 5) is 20.8. The Morgan fingerprint density at radius 1 is 1.39 bits per heavy atom. The Balaban J connectivity index is 2.70. The number of nitrogens with zero attached hydrogens (tertiary/aromatic N) is 1. The fourth-order valence-corrected chi connectivity index (χ4v) is 2.07. The lowest BCUT2D eigenvalue weighted by Gasteiger charge is -2.03. The molecule has 0 radical (unpaired) electrons. The van der Waals surface area contributed by atoms with E-state index < -0.39 is 16.8 Å². The van der Waals surface area contributed by atoms with Crippen LogP contribution in [0.2, 0.25) is 10.0 Å². The van der Waals surface area contributed by atoms with Crippen LogP contribution >= 0.6 is 23.2 Å². The van der Waals surface area contributed by atoms with Gasteiger partial charge in [0.25, 0.3) is 0 Å². The second-order valence-corrected chi connectivity index (χ2v) is 4.08. The van der Waals surface area contributed by atoms with Crippen LogP contribution in [-0.2, 0) is 4.79 Å². The van der Waals surface area contributed by atoms with Gasteiger partial charge < -0.3 is 9.15 Å². The van der Waals surface area contributed by atoms with Gasteiger partial charge in [-0.3, -0.25) is 14.9 Å². The molecule has 0 saturated carbocycles. The van der Waals surface area contributed by atoms with Crippen molar-refractivity contribution in [3.8, 4) is 5.75 Å². The Morgan fingerprint density at radius 3 is 2.61 bits per heavy atom. The first-order chi connectivity index (χ1) is 8.41. The number of benzene rings is 1. The molecule has 8 heteroatoms. The minimum absolute atomic E-state index is 0.00968. The van der Waals surface area contributed by atoms with Gasteiger partial charge in [-0.2, -0.15) is 0 Å². The molecule has 0 bridgehead atoms. The highest BCUT2D eigenvalue weighted by molar-refractivity contribution is 6.44. The topological polar surface area (TPSA) is 82.6 Å². The molecule has 0 fully saturated rings. The molecule has 18 heavy (non-hydrogen) atoms.